The first-order valence-electron chi connectivity index (χ1n) is 11.2. The van der Waals surface area contributed by atoms with Gasteiger partial charge in [0.25, 0.3) is 0 Å². The van der Waals surface area contributed by atoms with Crippen molar-refractivity contribution in [3.63, 3.8) is 0 Å². The third kappa shape index (κ3) is 8.88. The zero-order valence-electron chi connectivity index (χ0n) is 17.6. The molecule has 0 nitrogen and oxygen atoms in total. The van der Waals surface area contributed by atoms with Gasteiger partial charge in [0.2, 0.25) is 0 Å². The lowest BCUT2D eigenvalue weighted by molar-refractivity contribution is 0.605. The molecule has 0 amide bonds. The van der Waals surface area contributed by atoms with Gasteiger partial charge in [0.05, 0.1) is 0 Å². The van der Waals surface area contributed by atoms with Crippen LogP contribution < -0.4 is 0 Å². The van der Waals surface area contributed by atoms with Crippen molar-refractivity contribution in [1.82, 2.24) is 0 Å². The monoisotopic (exact) mass is 354 g/mol. The van der Waals surface area contributed by atoms with E-state index in [1.807, 2.05) is 12.2 Å². The van der Waals surface area contributed by atoms with Gasteiger partial charge in [0, 0.05) is 0 Å². The van der Waals surface area contributed by atoms with Crippen molar-refractivity contribution < 1.29 is 0 Å². The predicted octanol–water partition coefficient (Wildman–Crippen LogP) is 8.78. The second-order valence-corrected chi connectivity index (χ2v) is 7.69. The Labute approximate surface area is 163 Å². The molecule has 0 radical (unpaired) electrons. The highest BCUT2D eigenvalue weighted by Crippen LogP contribution is 2.23. The van der Waals surface area contributed by atoms with Crippen molar-refractivity contribution in [3.05, 3.63) is 47.5 Å². The van der Waals surface area contributed by atoms with E-state index in [0.717, 1.165) is 0 Å². The Kier molecular flexibility index (Phi) is 13.0. The van der Waals surface area contributed by atoms with Gasteiger partial charge in [-0.05, 0) is 47.9 Å². The van der Waals surface area contributed by atoms with E-state index >= 15 is 0 Å². The summed E-state index contributed by atoms with van der Waals surface area (Å²) in [5.41, 5.74) is 5.59. The topological polar surface area (TPSA) is 0 Å². The van der Waals surface area contributed by atoms with Crippen molar-refractivity contribution in [2.45, 2.75) is 104 Å². The standard InChI is InChI=1S/C26H42/c1-5-9-11-13-15-17-19-25-21-24(8-4)26(22-23(25)7-3)20-18-16-14-12-10-6-2/h7-8,21-22H,3-6,9-20H2,1-2H3. The van der Waals surface area contributed by atoms with Gasteiger partial charge < -0.3 is 0 Å². The van der Waals surface area contributed by atoms with Crippen LogP contribution in [0.15, 0.2) is 25.3 Å². The minimum absolute atomic E-state index is 1.17. The molecule has 0 spiro atoms. The molecule has 0 aliphatic heterocycles. The van der Waals surface area contributed by atoms with Gasteiger partial charge in [-0.25, -0.2) is 0 Å². The maximum atomic E-state index is 4.06. The smallest absolute Gasteiger partial charge is 0.0227 e. The summed E-state index contributed by atoms with van der Waals surface area (Å²) in [6, 6.07) is 4.75. The van der Waals surface area contributed by atoms with Gasteiger partial charge in [-0.2, -0.15) is 0 Å². The van der Waals surface area contributed by atoms with Crippen LogP contribution in [0.25, 0.3) is 12.2 Å². The predicted molar refractivity (Wildman–Crippen MR) is 121 cm³/mol. The number of hydrogen-bond donors (Lipinski definition) is 0. The van der Waals surface area contributed by atoms with Crippen molar-refractivity contribution >= 4 is 12.2 Å². The molecule has 0 unspecified atom stereocenters. The molecule has 0 saturated heterocycles. The Morgan fingerprint density at radius 1 is 0.577 bits per heavy atom. The average Bonchev–Trinajstić information content (AvgIpc) is 2.67. The Balaban J connectivity index is 2.56. The van der Waals surface area contributed by atoms with Crippen LogP contribution in [0.1, 0.15) is 113 Å². The summed E-state index contributed by atoms with van der Waals surface area (Å²) in [7, 11) is 0. The van der Waals surface area contributed by atoms with Crippen LogP contribution in [-0.2, 0) is 12.8 Å². The highest BCUT2D eigenvalue weighted by Gasteiger charge is 2.07. The highest BCUT2D eigenvalue weighted by molar-refractivity contribution is 5.61. The number of unbranched alkanes of at least 4 members (excludes halogenated alkanes) is 10. The number of benzene rings is 1. The zero-order valence-corrected chi connectivity index (χ0v) is 17.6. The largest absolute Gasteiger partial charge is 0.0985 e. The molecule has 0 fully saturated rings. The molecule has 1 aromatic rings. The van der Waals surface area contributed by atoms with Crippen molar-refractivity contribution in [3.8, 4) is 0 Å². The summed E-state index contributed by atoms with van der Waals surface area (Å²) in [6.45, 7) is 12.7. The Morgan fingerprint density at radius 3 is 1.27 bits per heavy atom. The van der Waals surface area contributed by atoms with Gasteiger partial charge in [-0.1, -0.05) is 115 Å². The lowest BCUT2D eigenvalue weighted by Crippen LogP contribution is -1.97. The van der Waals surface area contributed by atoms with Gasteiger partial charge >= 0.3 is 0 Å². The van der Waals surface area contributed by atoms with Gasteiger partial charge in [0.15, 0.2) is 0 Å². The van der Waals surface area contributed by atoms with E-state index in [0.29, 0.717) is 0 Å². The maximum absolute atomic E-state index is 4.06. The molecule has 0 atom stereocenters. The first-order chi connectivity index (χ1) is 12.8. The Morgan fingerprint density at radius 2 is 0.923 bits per heavy atom. The van der Waals surface area contributed by atoms with E-state index in [9.17, 15) is 0 Å². The first-order valence-corrected chi connectivity index (χ1v) is 11.2. The van der Waals surface area contributed by atoms with Crippen LogP contribution in [0, 0.1) is 0 Å². The molecule has 0 aromatic heterocycles. The fourth-order valence-corrected chi connectivity index (χ4v) is 3.73. The normalized spacial score (nSPS) is 10.8. The molecular formula is C26H42. The van der Waals surface area contributed by atoms with Crippen LogP contribution in [0.5, 0.6) is 0 Å². The summed E-state index contributed by atoms with van der Waals surface area (Å²) < 4.78 is 0. The molecule has 0 heterocycles. The minimum atomic E-state index is 1.17. The summed E-state index contributed by atoms with van der Waals surface area (Å²) in [6.07, 6.45) is 22.6. The third-order valence-corrected chi connectivity index (χ3v) is 5.44. The Bertz CT molecular complexity index is 461. The summed E-state index contributed by atoms with van der Waals surface area (Å²) in [5, 5.41) is 0. The molecule has 1 rings (SSSR count). The molecule has 26 heavy (non-hydrogen) atoms. The molecule has 146 valence electrons. The molecular weight excluding hydrogens is 312 g/mol. The van der Waals surface area contributed by atoms with Crippen molar-refractivity contribution in [2.24, 2.45) is 0 Å². The number of hydrogen-bond acceptors (Lipinski definition) is 0. The lowest BCUT2D eigenvalue weighted by Gasteiger charge is -2.13. The highest BCUT2D eigenvalue weighted by atomic mass is 14.1. The second kappa shape index (κ2) is 14.8. The fourth-order valence-electron chi connectivity index (χ4n) is 3.73. The molecule has 0 bridgehead atoms. The van der Waals surface area contributed by atoms with Crippen LogP contribution in [-0.4, -0.2) is 0 Å². The van der Waals surface area contributed by atoms with E-state index in [1.54, 1.807) is 0 Å². The van der Waals surface area contributed by atoms with Crippen molar-refractivity contribution in [1.29, 1.82) is 0 Å². The van der Waals surface area contributed by atoms with Crippen LogP contribution in [0.4, 0.5) is 0 Å². The van der Waals surface area contributed by atoms with Crippen molar-refractivity contribution in [2.75, 3.05) is 0 Å². The van der Waals surface area contributed by atoms with Crippen LogP contribution in [0.2, 0.25) is 0 Å². The number of aryl methyl sites for hydroxylation is 2. The summed E-state index contributed by atoms with van der Waals surface area (Å²) >= 11 is 0. The van der Waals surface area contributed by atoms with E-state index < -0.39 is 0 Å². The van der Waals surface area contributed by atoms with Crippen LogP contribution >= 0.6 is 0 Å². The molecule has 0 saturated carbocycles. The summed E-state index contributed by atoms with van der Waals surface area (Å²) in [5.74, 6) is 0. The number of rotatable bonds is 16. The SMILES string of the molecule is C=Cc1cc(CCCCCCCC)c(C=C)cc1CCCCCCCC. The van der Waals surface area contributed by atoms with E-state index in [1.165, 1.54) is 112 Å². The van der Waals surface area contributed by atoms with E-state index in [4.69, 9.17) is 0 Å². The van der Waals surface area contributed by atoms with E-state index in [2.05, 4.69) is 39.1 Å². The minimum Gasteiger partial charge on any atom is -0.0985 e. The maximum Gasteiger partial charge on any atom is -0.0227 e. The van der Waals surface area contributed by atoms with Gasteiger partial charge in [-0.3, -0.25) is 0 Å². The van der Waals surface area contributed by atoms with Gasteiger partial charge in [0.1, 0.15) is 0 Å². The molecule has 1 aromatic carbocycles. The average molecular weight is 355 g/mol. The zero-order chi connectivity index (χ0) is 19.0. The third-order valence-electron chi connectivity index (χ3n) is 5.44. The summed E-state index contributed by atoms with van der Waals surface area (Å²) in [4.78, 5) is 0. The molecule has 0 N–H and O–H groups in total. The first kappa shape index (κ1) is 22.7. The fraction of sp³-hybridized carbons (Fsp3) is 0.615. The molecule has 0 aliphatic carbocycles. The van der Waals surface area contributed by atoms with Crippen LogP contribution in [0.3, 0.4) is 0 Å². The Hall–Kier alpha value is -1.30. The van der Waals surface area contributed by atoms with E-state index in [-0.39, 0.29) is 0 Å². The van der Waals surface area contributed by atoms with Gasteiger partial charge in [-0.15, -0.1) is 0 Å². The quantitative estimate of drug-likeness (QED) is 0.260. The lowest BCUT2D eigenvalue weighted by atomic mass is 9.92. The molecule has 0 heteroatoms. The molecule has 0 aliphatic rings. The second-order valence-electron chi connectivity index (χ2n) is 7.69.